The van der Waals surface area contributed by atoms with Crippen LogP contribution in [0.4, 0.5) is 4.39 Å². The summed E-state index contributed by atoms with van der Waals surface area (Å²) in [6.45, 7) is 2.86. The minimum absolute atomic E-state index is 0.0122. The van der Waals surface area contributed by atoms with Crippen LogP contribution < -0.4 is 5.32 Å². The highest BCUT2D eigenvalue weighted by Gasteiger charge is 2.23. The molecule has 1 amide bonds. The Balaban J connectivity index is 1.50. The fraction of sp³-hybridized carbons (Fsp3) is 0.353. The first-order chi connectivity index (χ1) is 11.2. The Morgan fingerprint density at radius 1 is 1.35 bits per heavy atom. The van der Waals surface area contributed by atoms with Crippen LogP contribution in [0.2, 0.25) is 0 Å². The summed E-state index contributed by atoms with van der Waals surface area (Å²) in [5.74, 6) is -0.243. The number of rotatable bonds is 5. The van der Waals surface area contributed by atoms with Gasteiger partial charge >= 0.3 is 0 Å². The minimum Gasteiger partial charge on any atom is -0.371 e. The number of nitrogens with zero attached hydrogens (tertiary/aromatic N) is 1. The second kappa shape index (κ2) is 7.68. The van der Waals surface area contributed by atoms with Gasteiger partial charge in [-0.05, 0) is 29.1 Å². The lowest BCUT2D eigenvalue weighted by atomic mass is 10.1. The zero-order valence-corrected chi connectivity index (χ0v) is 13.5. The standard InChI is InChI=1S/C17H19FN2O2S/c18-14-5-3-13(4-6-14)16-11-20(7-8-22-16)12-17(21)19-10-15-2-1-9-23-15/h1-6,9,16H,7-8,10-12H2,(H,19,21). The van der Waals surface area contributed by atoms with Crippen LogP contribution in [0.5, 0.6) is 0 Å². The van der Waals surface area contributed by atoms with E-state index < -0.39 is 0 Å². The predicted molar refractivity (Wildman–Crippen MR) is 87.7 cm³/mol. The monoisotopic (exact) mass is 334 g/mol. The molecule has 4 nitrogen and oxygen atoms in total. The number of hydrogen-bond donors (Lipinski definition) is 1. The lowest BCUT2D eigenvalue weighted by molar-refractivity contribution is -0.124. The third-order valence-corrected chi connectivity index (χ3v) is 4.68. The van der Waals surface area contributed by atoms with Crippen molar-refractivity contribution >= 4 is 17.2 Å². The number of thiophene rings is 1. The Bertz CT molecular complexity index is 631. The molecule has 0 radical (unpaired) electrons. The van der Waals surface area contributed by atoms with Gasteiger partial charge in [0.05, 0.1) is 25.8 Å². The van der Waals surface area contributed by atoms with E-state index >= 15 is 0 Å². The Morgan fingerprint density at radius 2 is 2.17 bits per heavy atom. The Hall–Kier alpha value is -1.76. The molecule has 1 aliphatic rings. The van der Waals surface area contributed by atoms with Gasteiger partial charge in [-0.2, -0.15) is 0 Å². The maximum absolute atomic E-state index is 13.0. The molecule has 1 aromatic carbocycles. The molecule has 1 unspecified atom stereocenters. The van der Waals surface area contributed by atoms with Gasteiger partial charge in [0, 0.05) is 18.0 Å². The van der Waals surface area contributed by atoms with Crippen molar-refractivity contribution in [1.29, 1.82) is 0 Å². The lowest BCUT2D eigenvalue weighted by Gasteiger charge is -2.32. The summed E-state index contributed by atoms with van der Waals surface area (Å²) in [6.07, 6.45) is -0.116. The normalized spacial score (nSPS) is 18.7. The molecule has 1 fully saturated rings. The van der Waals surface area contributed by atoms with Crippen LogP contribution in [0.25, 0.3) is 0 Å². The minimum atomic E-state index is -0.255. The average Bonchev–Trinajstić information content (AvgIpc) is 3.07. The smallest absolute Gasteiger partial charge is 0.234 e. The first kappa shape index (κ1) is 16.1. The van der Waals surface area contributed by atoms with E-state index in [4.69, 9.17) is 4.74 Å². The third kappa shape index (κ3) is 4.60. The predicted octanol–water partition coefficient (Wildman–Crippen LogP) is 2.58. The van der Waals surface area contributed by atoms with E-state index in [0.717, 1.165) is 17.0 Å². The van der Waals surface area contributed by atoms with Crippen LogP contribution in [0, 0.1) is 5.82 Å². The van der Waals surface area contributed by atoms with Crippen molar-refractivity contribution in [3.63, 3.8) is 0 Å². The molecule has 0 spiro atoms. The summed E-state index contributed by atoms with van der Waals surface area (Å²) in [5.41, 5.74) is 0.940. The number of morpholine rings is 1. The Kier molecular flexibility index (Phi) is 5.38. The van der Waals surface area contributed by atoms with Gasteiger partial charge in [-0.3, -0.25) is 9.69 Å². The highest BCUT2D eigenvalue weighted by Crippen LogP contribution is 2.22. The van der Waals surface area contributed by atoms with Crippen LogP contribution >= 0.6 is 11.3 Å². The van der Waals surface area contributed by atoms with E-state index in [1.807, 2.05) is 17.5 Å². The van der Waals surface area contributed by atoms with Crippen LogP contribution in [-0.4, -0.2) is 37.0 Å². The zero-order valence-electron chi connectivity index (χ0n) is 12.7. The molecule has 3 rings (SSSR count). The molecule has 1 atom stereocenters. The topological polar surface area (TPSA) is 41.6 Å². The fourth-order valence-corrected chi connectivity index (χ4v) is 3.23. The molecule has 0 aliphatic carbocycles. The average molecular weight is 334 g/mol. The lowest BCUT2D eigenvalue weighted by Crippen LogP contribution is -2.44. The SMILES string of the molecule is O=C(CN1CCOC(c2ccc(F)cc2)C1)NCc1cccs1. The quantitative estimate of drug-likeness (QED) is 0.914. The first-order valence-electron chi connectivity index (χ1n) is 7.59. The Labute approximate surface area is 138 Å². The van der Waals surface area contributed by atoms with E-state index in [1.165, 1.54) is 12.1 Å². The molecular formula is C17H19FN2O2S. The van der Waals surface area contributed by atoms with Gasteiger partial charge in [0.2, 0.25) is 5.91 Å². The van der Waals surface area contributed by atoms with Crippen molar-refractivity contribution in [2.24, 2.45) is 0 Å². The molecule has 23 heavy (non-hydrogen) atoms. The van der Waals surface area contributed by atoms with E-state index in [2.05, 4.69) is 10.2 Å². The van der Waals surface area contributed by atoms with Gasteiger partial charge in [0.1, 0.15) is 5.82 Å². The van der Waals surface area contributed by atoms with Crippen LogP contribution in [-0.2, 0) is 16.1 Å². The molecule has 1 aromatic heterocycles. The van der Waals surface area contributed by atoms with E-state index in [-0.39, 0.29) is 17.8 Å². The maximum Gasteiger partial charge on any atom is 0.234 e. The fourth-order valence-electron chi connectivity index (χ4n) is 2.58. The van der Waals surface area contributed by atoms with Crippen LogP contribution in [0.1, 0.15) is 16.5 Å². The summed E-state index contributed by atoms with van der Waals surface area (Å²) in [6, 6.07) is 10.3. The van der Waals surface area contributed by atoms with Crippen LogP contribution in [0.15, 0.2) is 41.8 Å². The zero-order chi connectivity index (χ0) is 16.1. The molecule has 2 heterocycles. The number of amides is 1. The van der Waals surface area contributed by atoms with E-state index in [1.54, 1.807) is 23.5 Å². The van der Waals surface area contributed by atoms with Crippen molar-refractivity contribution in [3.05, 3.63) is 58.0 Å². The molecule has 1 N–H and O–H groups in total. The summed E-state index contributed by atoms with van der Waals surface area (Å²) in [7, 11) is 0. The molecule has 0 bridgehead atoms. The second-order valence-electron chi connectivity index (χ2n) is 5.50. The molecule has 122 valence electrons. The maximum atomic E-state index is 13.0. The number of ether oxygens (including phenoxy) is 1. The summed E-state index contributed by atoms with van der Waals surface area (Å²) >= 11 is 1.63. The van der Waals surface area contributed by atoms with Crippen molar-refractivity contribution in [1.82, 2.24) is 10.2 Å². The third-order valence-electron chi connectivity index (χ3n) is 3.80. The first-order valence-corrected chi connectivity index (χ1v) is 8.47. The van der Waals surface area contributed by atoms with Gasteiger partial charge in [0.15, 0.2) is 0 Å². The summed E-state index contributed by atoms with van der Waals surface area (Å²) in [5, 5.41) is 4.93. The molecule has 1 saturated heterocycles. The van der Waals surface area contributed by atoms with Crippen molar-refractivity contribution < 1.29 is 13.9 Å². The van der Waals surface area contributed by atoms with Crippen molar-refractivity contribution in [2.75, 3.05) is 26.2 Å². The molecule has 6 heteroatoms. The van der Waals surface area contributed by atoms with E-state index in [0.29, 0.717) is 26.2 Å². The van der Waals surface area contributed by atoms with Crippen LogP contribution in [0.3, 0.4) is 0 Å². The largest absolute Gasteiger partial charge is 0.371 e. The summed E-state index contributed by atoms with van der Waals surface area (Å²) < 4.78 is 18.7. The Morgan fingerprint density at radius 3 is 2.91 bits per heavy atom. The van der Waals surface area contributed by atoms with Gasteiger partial charge in [-0.1, -0.05) is 18.2 Å². The number of carbonyl (C=O) groups excluding carboxylic acids is 1. The highest BCUT2D eigenvalue weighted by molar-refractivity contribution is 7.09. The number of halogens is 1. The molecule has 1 aliphatic heterocycles. The van der Waals surface area contributed by atoms with Crippen molar-refractivity contribution in [2.45, 2.75) is 12.6 Å². The summed E-state index contributed by atoms with van der Waals surface area (Å²) in [4.78, 5) is 15.3. The molecular weight excluding hydrogens is 315 g/mol. The highest BCUT2D eigenvalue weighted by atomic mass is 32.1. The van der Waals surface area contributed by atoms with E-state index in [9.17, 15) is 9.18 Å². The number of hydrogen-bond acceptors (Lipinski definition) is 4. The van der Waals surface area contributed by atoms with Gasteiger partial charge < -0.3 is 10.1 Å². The number of nitrogens with one attached hydrogen (secondary N) is 1. The van der Waals surface area contributed by atoms with Crippen molar-refractivity contribution in [3.8, 4) is 0 Å². The number of carbonyl (C=O) groups is 1. The van der Waals surface area contributed by atoms with Gasteiger partial charge in [0.25, 0.3) is 0 Å². The second-order valence-corrected chi connectivity index (χ2v) is 6.53. The molecule has 0 saturated carbocycles. The molecule has 2 aromatic rings. The number of benzene rings is 1. The van der Waals surface area contributed by atoms with Gasteiger partial charge in [-0.25, -0.2) is 4.39 Å². The van der Waals surface area contributed by atoms with Gasteiger partial charge in [-0.15, -0.1) is 11.3 Å².